The first-order chi connectivity index (χ1) is 24.7. The Bertz CT molecular complexity index is 2960. The van der Waals surface area contributed by atoms with Gasteiger partial charge in [0.05, 0.1) is 62.7 Å². The molecule has 230 valence electrons. The van der Waals surface area contributed by atoms with Gasteiger partial charge in [0.25, 0.3) is 0 Å². The van der Waals surface area contributed by atoms with Crippen LogP contribution < -0.4 is 0 Å². The van der Waals surface area contributed by atoms with Crippen LogP contribution in [0.25, 0.3) is 77.2 Å². The Labute approximate surface area is 287 Å². The molecule has 7 aromatic carbocycles. The van der Waals surface area contributed by atoms with E-state index in [2.05, 4.69) is 94.1 Å². The number of para-hydroxylation sites is 3. The molecule has 0 spiro atoms. The highest BCUT2D eigenvalue weighted by Crippen LogP contribution is 2.38. The van der Waals surface area contributed by atoms with Crippen molar-refractivity contribution < 1.29 is 0 Å². The van der Waals surface area contributed by atoms with Gasteiger partial charge in [-0.1, -0.05) is 84.9 Å². The van der Waals surface area contributed by atoms with E-state index in [1.54, 1.807) is 0 Å². The highest BCUT2D eigenvalue weighted by molar-refractivity contribution is 6.11. The van der Waals surface area contributed by atoms with Gasteiger partial charge in [0.2, 0.25) is 0 Å². The number of benzene rings is 7. The summed E-state index contributed by atoms with van der Waals surface area (Å²) in [5.74, 6) is 0. The summed E-state index contributed by atoms with van der Waals surface area (Å²) in [7, 11) is 0. The predicted molar refractivity (Wildman–Crippen MR) is 200 cm³/mol. The van der Waals surface area contributed by atoms with Crippen LogP contribution in [-0.2, 0) is 0 Å². The van der Waals surface area contributed by atoms with E-state index in [-0.39, 0.29) is 0 Å². The first-order valence-electron chi connectivity index (χ1n) is 16.3. The van der Waals surface area contributed by atoms with Crippen LogP contribution in [0.3, 0.4) is 0 Å². The third-order valence-corrected chi connectivity index (χ3v) is 9.64. The van der Waals surface area contributed by atoms with Gasteiger partial charge in [0.1, 0.15) is 0 Å². The van der Waals surface area contributed by atoms with E-state index in [0.29, 0.717) is 16.7 Å². The van der Waals surface area contributed by atoms with Gasteiger partial charge in [-0.3, -0.25) is 0 Å². The molecule has 5 nitrogen and oxygen atoms in total. The van der Waals surface area contributed by atoms with Crippen LogP contribution in [0.5, 0.6) is 0 Å². The van der Waals surface area contributed by atoms with Gasteiger partial charge < -0.3 is 9.13 Å². The van der Waals surface area contributed by atoms with Crippen molar-refractivity contribution in [2.75, 3.05) is 0 Å². The van der Waals surface area contributed by atoms with Crippen LogP contribution in [0.1, 0.15) is 16.7 Å². The molecule has 0 N–H and O–H groups in total. The quantitative estimate of drug-likeness (QED) is 0.193. The Morgan fingerprint density at radius 3 is 1.70 bits per heavy atom. The topological polar surface area (TPSA) is 81.2 Å². The van der Waals surface area contributed by atoms with Crippen molar-refractivity contribution in [2.45, 2.75) is 0 Å². The standard InChI is InChI=1S/C45H25N5/c46-26-29-14-22-44-40(23-29)37-9-3-5-11-42(37)49(44)34-20-19-33(28-48)39(25-34)32-17-15-31(16-18-32)35-7-1-4-10-41(35)50-43-12-6-2-8-36(43)38-21-13-30(27-47)24-45(38)50/h1-25H. The van der Waals surface area contributed by atoms with Gasteiger partial charge >= 0.3 is 0 Å². The van der Waals surface area contributed by atoms with E-state index in [9.17, 15) is 15.8 Å². The molecule has 0 radical (unpaired) electrons. The molecule has 9 aromatic rings. The van der Waals surface area contributed by atoms with E-state index in [4.69, 9.17) is 0 Å². The summed E-state index contributed by atoms with van der Waals surface area (Å²) in [6, 6.07) is 57.8. The average Bonchev–Trinajstić information content (AvgIpc) is 3.69. The summed E-state index contributed by atoms with van der Waals surface area (Å²) in [4.78, 5) is 0. The molecule has 0 atom stereocenters. The summed E-state index contributed by atoms with van der Waals surface area (Å²) in [6.07, 6.45) is 0. The van der Waals surface area contributed by atoms with Crippen LogP contribution >= 0.6 is 0 Å². The first-order valence-corrected chi connectivity index (χ1v) is 16.3. The van der Waals surface area contributed by atoms with Crippen LogP contribution in [-0.4, -0.2) is 9.13 Å². The van der Waals surface area contributed by atoms with E-state index in [1.165, 1.54) is 0 Å². The predicted octanol–water partition coefficient (Wildman–Crippen LogP) is 10.8. The number of nitrogens with zero attached hydrogens (tertiary/aromatic N) is 5. The van der Waals surface area contributed by atoms with Gasteiger partial charge in [-0.05, 0) is 77.9 Å². The Morgan fingerprint density at radius 1 is 0.380 bits per heavy atom. The molecule has 0 aliphatic carbocycles. The number of hydrogen-bond donors (Lipinski definition) is 0. The van der Waals surface area contributed by atoms with Gasteiger partial charge in [-0.2, -0.15) is 15.8 Å². The lowest BCUT2D eigenvalue weighted by Gasteiger charge is -2.15. The van der Waals surface area contributed by atoms with E-state index in [1.807, 2.05) is 84.9 Å². The summed E-state index contributed by atoms with van der Waals surface area (Å²) >= 11 is 0. The number of nitriles is 3. The van der Waals surface area contributed by atoms with Gasteiger partial charge in [0, 0.05) is 38.4 Å². The van der Waals surface area contributed by atoms with E-state index in [0.717, 1.165) is 77.2 Å². The minimum absolute atomic E-state index is 0.591. The van der Waals surface area contributed by atoms with Crippen molar-refractivity contribution in [1.82, 2.24) is 9.13 Å². The zero-order valence-corrected chi connectivity index (χ0v) is 26.7. The smallest absolute Gasteiger partial charge is 0.0998 e. The van der Waals surface area contributed by atoms with Gasteiger partial charge in [-0.15, -0.1) is 0 Å². The molecule has 2 heterocycles. The fraction of sp³-hybridized carbons (Fsp3) is 0. The molecule has 0 amide bonds. The zero-order valence-electron chi connectivity index (χ0n) is 26.7. The molecule has 9 rings (SSSR count). The molecule has 0 saturated heterocycles. The first kappa shape index (κ1) is 28.8. The van der Waals surface area contributed by atoms with E-state index < -0.39 is 0 Å². The van der Waals surface area contributed by atoms with Crippen LogP contribution in [0.2, 0.25) is 0 Å². The van der Waals surface area contributed by atoms with Crippen LogP contribution in [0.15, 0.2) is 152 Å². The van der Waals surface area contributed by atoms with Crippen molar-refractivity contribution in [2.24, 2.45) is 0 Å². The van der Waals surface area contributed by atoms with Crippen molar-refractivity contribution in [1.29, 1.82) is 15.8 Å². The summed E-state index contributed by atoms with van der Waals surface area (Å²) in [5.41, 5.74) is 11.8. The molecule has 0 aliphatic rings. The highest BCUT2D eigenvalue weighted by atomic mass is 15.0. The number of hydrogen-bond acceptors (Lipinski definition) is 3. The SMILES string of the molecule is N#Cc1ccc2c(c1)c1ccccc1n2-c1ccc(C#N)c(-c2ccc(-c3ccccc3-n3c4ccccc4c4ccc(C#N)cc43)cc2)c1. The molecular formula is C45H25N5. The van der Waals surface area contributed by atoms with Crippen LogP contribution in [0.4, 0.5) is 0 Å². The lowest BCUT2D eigenvalue weighted by atomic mass is 9.96. The van der Waals surface area contributed by atoms with Gasteiger partial charge in [0.15, 0.2) is 0 Å². The fourth-order valence-corrected chi connectivity index (χ4v) is 7.37. The van der Waals surface area contributed by atoms with Gasteiger partial charge in [-0.25, -0.2) is 0 Å². The number of aromatic nitrogens is 2. The molecular weight excluding hydrogens is 611 g/mol. The second-order valence-corrected chi connectivity index (χ2v) is 12.3. The third-order valence-electron chi connectivity index (χ3n) is 9.64. The number of fused-ring (bicyclic) bond motifs is 6. The normalized spacial score (nSPS) is 11.1. The van der Waals surface area contributed by atoms with Crippen molar-refractivity contribution in [3.63, 3.8) is 0 Å². The molecule has 0 unspecified atom stereocenters. The molecule has 0 fully saturated rings. The molecule has 0 saturated carbocycles. The van der Waals surface area contributed by atoms with Crippen molar-refractivity contribution >= 4 is 43.6 Å². The summed E-state index contributed by atoms with van der Waals surface area (Å²) in [5, 5.41) is 33.8. The number of rotatable bonds is 4. The fourth-order valence-electron chi connectivity index (χ4n) is 7.37. The third kappa shape index (κ3) is 4.38. The average molecular weight is 636 g/mol. The van der Waals surface area contributed by atoms with E-state index >= 15 is 0 Å². The molecule has 50 heavy (non-hydrogen) atoms. The Hall–Kier alpha value is -7.39. The lowest BCUT2D eigenvalue weighted by molar-refractivity contribution is 1.18. The summed E-state index contributed by atoms with van der Waals surface area (Å²) in [6.45, 7) is 0. The molecule has 5 heteroatoms. The maximum atomic E-state index is 10.2. The molecule has 2 aromatic heterocycles. The largest absolute Gasteiger partial charge is 0.309 e. The summed E-state index contributed by atoms with van der Waals surface area (Å²) < 4.78 is 4.45. The highest BCUT2D eigenvalue weighted by Gasteiger charge is 2.18. The second kappa shape index (κ2) is 11.4. The zero-order chi connectivity index (χ0) is 33.8. The molecule has 0 aliphatic heterocycles. The molecule has 0 bridgehead atoms. The Balaban J connectivity index is 1.18. The second-order valence-electron chi connectivity index (χ2n) is 12.3. The Morgan fingerprint density at radius 2 is 0.960 bits per heavy atom. The lowest BCUT2D eigenvalue weighted by Crippen LogP contribution is -1.97. The monoisotopic (exact) mass is 635 g/mol. The van der Waals surface area contributed by atoms with Crippen LogP contribution in [0, 0.1) is 34.0 Å². The van der Waals surface area contributed by atoms with Crippen molar-refractivity contribution in [3.8, 4) is 51.8 Å². The minimum atomic E-state index is 0.591. The Kier molecular flexibility index (Phi) is 6.56. The maximum Gasteiger partial charge on any atom is 0.0998 e. The van der Waals surface area contributed by atoms with Crippen molar-refractivity contribution in [3.05, 3.63) is 168 Å². The minimum Gasteiger partial charge on any atom is -0.309 e. The maximum absolute atomic E-state index is 10.2.